The summed E-state index contributed by atoms with van der Waals surface area (Å²) in [6, 6.07) is 12.3. The molecule has 0 saturated carbocycles. The Morgan fingerprint density at radius 2 is 1.96 bits per heavy atom. The number of hydrogen-bond acceptors (Lipinski definition) is 4. The van der Waals surface area contributed by atoms with Gasteiger partial charge in [0.05, 0.1) is 6.54 Å². The van der Waals surface area contributed by atoms with Gasteiger partial charge < -0.3 is 19.9 Å². The van der Waals surface area contributed by atoms with Gasteiger partial charge in [-0.1, -0.05) is 25.1 Å². The SMILES string of the molecule is CCC(CNC(=O)c1cccc(OCC(=O)O)c1)Oc1ccccc1F. The Morgan fingerprint density at radius 1 is 1.19 bits per heavy atom. The molecule has 1 unspecified atom stereocenters. The van der Waals surface area contributed by atoms with Crippen LogP contribution in [0.15, 0.2) is 48.5 Å². The van der Waals surface area contributed by atoms with Gasteiger partial charge in [0.25, 0.3) is 5.91 Å². The third-order valence-electron chi connectivity index (χ3n) is 3.53. The van der Waals surface area contributed by atoms with E-state index >= 15 is 0 Å². The minimum absolute atomic E-state index is 0.137. The summed E-state index contributed by atoms with van der Waals surface area (Å²) in [7, 11) is 0. The Morgan fingerprint density at radius 3 is 2.65 bits per heavy atom. The Bertz CT molecular complexity index is 765. The third kappa shape index (κ3) is 5.77. The van der Waals surface area contributed by atoms with Gasteiger partial charge in [-0.25, -0.2) is 9.18 Å². The molecular weight excluding hydrogens is 341 g/mol. The summed E-state index contributed by atoms with van der Waals surface area (Å²) in [5.74, 6) is -1.50. The number of carbonyl (C=O) groups is 2. The molecule has 7 heteroatoms. The normalized spacial score (nSPS) is 11.5. The van der Waals surface area contributed by atoms with Crippen molar-refractivity contribution in [2.24, 2.45) is 0 Å². The number of benzene rings is 2. The number of ether oxygens (including phenoxy) is 2. The predicted octanol–water partition coefficient (Wildman–Crippen LogP) is 2.88. The van der Waals surface area contributed by atoms with Crippen molar-refractivity contribution in [3.63, 3.8) is 0 Å². The highest BCUT2D eigenvalue weighted by atomic mass is 19.1. The molecule has 138 valence electrons. The minimum Gasteiger partial charge on any atom is -0.486 e. The molecule has 2 aromatic carbocycles. The quantitative estimate of drug-likeness (QED) is 0.717. The zero-order valence-corrected chi connectivity index (χ0v) is 14.3. The highest BCUT2D eigenvalue weighted by molar-refractivity contribution is 5.94. The van der Waals surface area contributed by atoms with Crippen LogP contribution in [0.2, 0.25) is 0 Å². The monoisotopic (exact) mass is 361 g/mol. The van der Waals surface area contributed by atoms with Crippen LogP contribution in [0.25, 0.3) is 0 Å². The number of amides is 1. The van der Waals surface area contributed by atoms with Crippen LogP contribution in [-0.4, -0.2) is 36.2 Å². The summed E-state index contributed by atoms with van der Waals surface area (Å²) >= 11 is 0. The maximum Gasteiger partial charge on any atom is 0.341 e. The van der Waals surface area contributed by atoms with Crippen molar-refractivity contribution in [2.75, 3.05) is 13.2 Å². The summed E-state index contributed by atoms with van der Waals surface area (Å²) in [5, 5.41) is 11.3. The number of carboxylic acids is 1. The summed E-state index contributed by atoms with van der Waals surface area (Å²) < 4.78 is 24.3. The molecule has 2 N–H and O–H groups in total. The molecule has 0 heterocycles. The van der Waals surface area contributed by atoms with Crippen molar-refractivity contribution in [1.29, 1.82) is 0 Å². The fourth-order valence-electron chi connectivity index (χ4n) is 2.17. The Hall–Kier alpha value is -3.09. The molecule has 0 bridgehead atoms. The maximum absolute atomic E-state index is 13.7. The van der Waals surface area contributed by atoms with E-state index in [0.29, 0.717) is 12.0 Å². The summed E-state index contributed by atoms with van der Waals surface area (Å²) in [6.45, 7) is 1.58. The first-order chi connectivity index (χ1) is 12.5. The van der Waals surface area contributed by atoms with Crippen LogP contribution in [0.4, 0.5) is 4.39 Å². The second kappa shape index (κ2) is 9.41. The molecule has 1 atom stereocenters. The average molecular weight is 361 g/mol. The first-order valence-corrected chi connectivity index (χ1v) is 8.13. The molecule has 0 radical (unpaired) electrons. The van der Waals surface area contributed by atoms with Gasteiger partial charge in [0.15, 0.2) is 18.2 Å². The zero-order valence-electron chi connectivity index (χ0n) is 14.3. The van der Waals surface area contributed by atoms with E-state index in [9.17, 15) is 14.0 Å². The van der Waals surface area contributed by atoms with E-state index in [1.807, 2.05) is 6.92 Å². The second-order valence-electron chi connectivity index (χ2n) is 5.50. The molecule has 1 amide bonds. The number of para-hydroxylation sites is 1. The highest BCUT2D eigenvalue weighted by Crippen LogP contribution is 2.18. The van der Waals surface area contributed by atoms with E-state index in [2.05, 4.69) is 5.32 Å². The van der Waals surface area contributed by atoms with Gasteiger partial charge in [0.1, 0.15) is 11.9 Å². The lowest BCUT2D eigenvalue weighted by atomic mass is 10.2. The van der Waals surface area contributed by atoms with Crippen LogP contribution < -0.4 is 14.8 Å². The first-order valence-electron chi connectivity index (χ1n) is 8.13. The Labute approximate surface area is 150 Å². The number of aliphatic carboxylic acids is 1. The Kier molecular flexibility index (Phi) is 6.96. The lowest BCUT2D eigenvalue weighted by Gasteiger charge is -2.18. The van der Waals surface area contributed by atoms with Crippen molar-refractivity contribution in [2.45, 2.75) is 19.4 Å². The molecule has 0 aliphatic rings. The van der Waals surface area contributed by atoms with Crippen LogP contribution in [-0.2, 0) is 4.79 Å². The van der Waals surface area contributed by atoms with Gasteiger partial charge in [-0.2, -0.15) is 0 Å². The number of nitrogens with one attached hydrogen (secondary N) is 1. The van der Waals surface area contributed by atoms with E-state index in [1.165, 1.54) is 18.2 Å². The summed E-state index contributed by atoms with van der Waals surface area (Å²) in [5.41, 5.74) is 0.327. The molecule has 2 aromatic rings. The van der Waals surface area contributed by atoms with E-state index < -0.39 is 18.4 Å². The summed E-state index contributed by atoms with van der Waals surface area (Å²) in [6.07, 6.45) is 0.193. The van der Waals surface area contributed by atoms with Crippen LogP contribution in [0, 0.1) is 5.82 Å². The lowest BCUT2D eigenvalue weighted by Crippen LogP contribution is -2.35. The molecule has 0 aliphatic carbocycles. The van der Waals surface area contributed by atoms with Crippen molar-refractivity contribution < 1.29 is 28.6 Å². The van der Waals surface area contributed by atoms with Gasteiger partial charge >= 0.3 is 5.97 Å². The molecule has 26 heavy (non-hydrogen) atoms. The summed E-state index contributed by atoms with van der Waals surface area (Å²) in [4.78, 5) is 22.8. The minimum atomic E-state index is -1.10. The molecule has 2 rings (SSSR count). The molecule has 0 saturated heterocycles. The van der Waals surface area contributed by atoms with Gasteiger partial charge in [-0.3, -0.25) is 4.79 Å². The first kappa shape index (κ1) is 19.2. The molecular formula is C19H20FNO5. The van der Waals surface area contributed by atoms with E-state index in [1.54, 1.807) is 30.3 Å². The van der Waals surface area contributed by atoms with E-state index in [4.69, 9.17) is 14.6 Å². The number of rotatable bonds is 9. The smallest absolute Gasteiger partial charge is 0.341 e. The molecule has 0 spiro atoms. The molecule has 0 aliphatic heterocycles. The van der Waals surface area contributed by atoms with Crippen LogP contribution in [0.5, 0.6) is 11.5 Å². The molecule has 0 aromatic heterocycles. The van der Waals surface area contributed by atoms with Crippen LogP contribution in [0.1, 0.15) is 23.7 Å². The van der Waals surface area contributed by atoms with Crippen molar-refractivity contribution >= 4 is 11.9 Å². The van der Waals surface area contributed by atoms with E-state index in [0.717, 1.165) is 0 Å². The highest BCUT2D eigenvalue weighted by Gasteiger charge is 2.14. The van der Waals surface area contributed by atoms with Crippen molar-refractivity contribution in [1.82, 2.24) is 5.32 Å². The third-order valence-corrected chi connectivity index (χ3v) is 3.53. The number of hydrogen-bond donors (Lipinski definition) is 2. The van der Waals surface area contributed by atoms with Crippen LogP contribution >= 0.6 is 0 Å². The van der Waals surface area contributed by atoms with Crippen LogP contribution in [0.3, 0.4) is 0 Å². The second-order valence-corrected chi connectivity index (χ2v) is 5.50. The van der Waals surface area contributed by atoms with Gasteiger partial charge in [-0.15, -0.1) is 0 Å². The lowest BCUT2D eigenvalue weighted by molar-refractivity contribution is -0.139. The fourth-order valence-corrected chi connectivity index (χ4v) is 2.17. The zero-order chi connectivity index (χ0) is 18.9. The van der Waals surface area contributed by atoms with Crippen molar-refractivity contribution in [3.05, 3.63) is 59.9 Å². The molecule has 6 nitrogen and oxygen atoms in total. The van der Waals surface area contributed by atoms with E-state index in [-0.39, 0.29) is 30.1 Å². The number of carboxylic acid groups (broad SMARTS) is 1. The van der Waals surface area contributed by atoms with Gasteiger partial charge in [-0.05, 0) is 36.8 Å². The topological polar surface area (TPSA) is 84.9 Å². The number of halogens is 1. The van der Waals surface area contributed by atoms with Gasteiger partial charge in [0.2, 0.25) is 0 Å². The van der Waals surface area contributed by atoms with Gasteiger partial charge in [0, 0.05) is 5.56 Å². The predicted molar refractivity (Wildman–Crippen MR) is 93.0 cm³/mol. The number of carbonyl (C=O) groups excluding carboxylic acids is 1. The largest absolute Gasteiger partial charge is 0.486 e. The van der Waals surface area contributed by atoms with Crippen molar-refractivity contribution in [3.8, 4) is 11.5 Å². The Balaban J connectivity index is 1.93. The standard InChI is InChI=1S/C19H20FNO5/c1-2-14(26-17-9-4-3-8-16(17)20)11-21-19(24)13-6-5-7-15(10-13)25-12-18(22)23/h3-10,14H,2,11-12H2,1H3,(H,21,24)(H,22,23). The molecule has 0 fully saturated rings. The average Bonchev–Trinajstić information content (AvgIpc) is 2.64. The maximum atomic E-state index is 13.7. The fraction of sp³-hybridized carbons (Fsp3) is 0.263.